The molecule has 3 rings (SSSR count). The molecule has 0 amide bonds. The lowest BCUT2D eigenvalue weighted by atomic mass is 10.2. The number of pyridine rings is 1. The van der Waals surface area contributed by atoms with Gasteiger partial charge in [0.25, 0.3) is 0 Å². The summed E-state index contributed by atoms with van der Waals surface area (Å²) in [6.07, 6.45) is 0.737. The number of hydrogen-bond acceptors (Lipinski definition) is 5. The van der Waals surface area contributed by atoms with Crippen molar-refractivity contribution < 1.29 is 19.0 Å². The Morgan fingerprint density at radius 2 is 2.10 bits per heavy atom. The number of benzene rings is 1. The molecular formula is C15H13NO4. The summed E-state index contributed by atoms with van der Waals surface area (Å²) < 4.78 is 16.2. The van der Waals surface area contributed by atoms with E-state index in [9.17, 15) is 4.79 Å². The van der Waals surface area contributed by atoms with Gasteiger partial charge in [-0.15, -0.1) is 0 Å². The van der Waals surface area contributed by atoms with E-state index in [-0.39, 0.29) is 6.79 Å². The SMILES string of the molecule is Cc1cccc(COc2cc3c(cc2C=O)OCO3)n1. The van der Waals surface area contributed by atoms with Gasteiger partial charge in [0, 0.05) is 11.8 Å². The average molecular weight is 271 g/mol. The molecular weight excluding hydrogens is 258 g/mol. The maximum absolute atomic E-state index is 11.1. The molecule has 5 nitrogen and oxygen atoms in total. The van der Waals surface area contributed by atoms with Crippen LogP contribution >= 0.6 is 0 Å². The molecule has 0 fully saturated rings. The summed E-state index contributed by atoms with van der Waals surface area (Å²) in [7, 11) is 0. The van der Waals surface area contributed by atoms with Crippen LogP contribution in [0.3, 0.4) is 0 Å². The van der Waals surface area contributed by atoms with Gasteiger partial charge < -0.3 is 14.2 Å². The molecule has 1 aliphatic rings. The second-order valence-corrected chi connectivity index (χ2v) is 4.42. The number of carbonyl (C=O) groups excluding carboxylic acids is 1. The van der Waals surface area contributed by atoms with Crippen molar-refractivity contribution in [2.45, 2.75) is 13.5 Å². The quantitative estimate of drug-likeness (QED) is 0.800. The van der Waals surface area contributed by atoms with E-state index < -0.39 is 0 Å². The Balaban J connectivity index is 1.82. The van der Waals surface area contributed by atoms with E-state index in [4.69, 9.17) is 14.2 Å². The van der Waals surface area contributed by atoms with Gasteiger partial charge in [-0.1, -0.05) is 6.07 Å². The maximum atomic E-state index is 11.1. The standard InChI is InChI=1S/C15H13NO4/c1-10-3-2-4-12(16-10)8-18-13-6-15-14(19-9-20-15)5-11(13)7-17/h2-7H,8-9H2,1H3. The Hall–Kier alpha value is -2.56. The minimum Gasteiger partial charge on any atom is -0.486 e. The molecule has 0 atom stereocenters. The lowest BCUT2D eigenvalue weighted by molar-refractivity contribution is 0.111. The van der Waals surface area contributed by atoms with E-state index in [2.05, 4.69) is 4.98 Å². The van der Waals surface area contributed by atoms with Gasteiger partial charge in [0.15, 0.2) is 17.8 Å². The normalized spacial score (nSPS) is 12.2. The smallest absolute Gasteiger partial charge is 0.231 e. The summed E-state index contributed by atoms with van der Waals surface area (Å²) in [6.45, 7) is 2.37. The highest BCUT2D eigenvalue weighted by Gasteiger charge is 2.18. The highest BCUT2D eigenvalue weighted by Crippen LogP contribution is 2.37. The van der Waals surface area contributed by atoms with Gasteiger partial charge in [0.05, 0.1) is 11.3 Å². The molecule has 102 valence electrons. The molecule has 1 aliphatic heterocycles. The topological polar surface area (TPSA) is 57.7 Å². The van der Waals surface area contributed by atoms with E-state index in [1.807, 2.05) is 25.1 Å². The van der Waals surface area contributed by atoms with Crippen LogP contribution in [0.1, 0.15) is 21.7 Å². The Kier molecular flexibility index (Phi) is 3.25. The molecule has 20 heavy (non-hydrogen) atoms. The zero-order valence-corrected chi connectivity index (χ0v) is 11.0. The summed E-state index contributed by atoms with van der Waals surface area (Å²) in [5.41, 5.74) is 2.16. The number of aldehydes is 1. The maximum Gasteiger partial charge on any atom is 0.231 e. The zero-order chi connectivity index (χ0) is 13.9. The van der Waals surface area contributed by atoms with Crippen LogP contribution in [0.15, 0.2) is 30.3 Å². The first-order valence-electron chi connectivity index (χ1n) is 6.20. The second-order valence-electron chi connectivity index (χ2n) is 4.42. The predicted molar refractivity (Wildman–Crippen MR) is 71.3 cm³/mol. The fraction of sp³-hybridized carbons (Fsp3) is 0.200. The zero-order valence-electron chi connectivity index (χ0n) is 11.0. The number of ether oxygens (including phenoxy) is 3. The molecule has 0 bridgehead atoms. The molecule has 5 heteroatoms. The van der Waals surface area contributed by atoms with Gasteiger partial charge in [-0.2, -0.15) is 0 Å². The number of aromatic nitrogens is 1. The fourth-order valence-electron chi connectivity index (χ4n) is 1.99. The van der Waals surface area contributed by atoms with Crippen LogP contribution in [0.25, 0.3) is 0 Å². The van der Waals surface area contributed by atoms with E-state index in [1.54, 1.807) is 12.1 Å². The summed E-state index contributed by atoms with van der Waals surface area (Å²) >= 11 is 0. The van der Waals surface area contributed by atoms with Crippen molar-refractivity contribution in [1.29, 1.82) is 0 Å². The summed E-state index contributed by atoms with van der Waals surface area (Å²) in [6, 6.07) is 9.00. The van der Waals surface area contributed by atoms with Gasteiger partial charge in [-0.3, -0.25) is 9.78 Å². The van der Waals surface area contributed by atoms with E-state index in [0.29, 0.717) is 29.4 Å². The number of fused-ring (bicyclic) bond motifs is 1. The number of carbonyl (C=O) groups is 1. The minimum absolute atomic E-state index is 0.163. The molecule has 2 heterocycles. The van der Waals surface area contributed by atoms with Crippen molar-refractivity contribution in [3.8, 4) is 17.2 Å². The van der Waals surface area contributed by atoms with Crippen LogP contribution < -0.4 is 14.2 Å². The number of hydrogen-bond donors (Lipinski definition) is 0. The van der Waals surface area contributed by atoms with Crippen molar-refractivity contribution in [3.63, 3.8) is 0 Å². The molecule has 1 aromatic carbocycles. The summed E-state index contributed by atoms with van der Waals surface area (Å²) in [5, 5.41) is 0. The van der Waals surface area contributed by atoms with Crippen LogP contribution in [0.4, 0.5) is 0 Å². The summed E-state index contributed by atoms with van der Waals surface area (Å²) in [5.74, 6) is 1.61. The summed E-state index contributed by atoms with van der Waals surface area (Å²) in [4.78, 5) is 15.4. The van der Waals surface area contributed by atoms with Crippen molar-refractivity contribution in [1.82, 2.24) is 4.98 Å². The number of rotatable bonds is 4. The van der Waals surface area contributed by atoms with Gasteiger partial charge in [-0.25, -0.2) is 0 Å². The lowest BCUT2D eigenvalue weighted by Crippen LogP contribution is -2.01. The molecule has 2 aromatic rings. The van der Waals surface area contributed by atoms with Crippen molar-refractivity contribution >= 4 is 6.29 Å². The Morgan fingerprint density at radius 1 is 1.30 bits per heavy atom. The largest absolute Gasteiger partial charge is 0.486 e. The Labute approximate surface area is 116 Å². The molecule has 1 aromatic heterocycles. The number of nitrogens with zero attached hydrogens (tertiary/aromatic N) is 1. The third-order valence-electron chi connectivity index (χ3n) is 2.95. The van der Waals surface area contributed by atoms with Crippen molar-refractivity contribution in [3.05, 3.63) is 47.3 Å². The second kappa shape index (κ2) is 5.21. The molecule has 0 radical (unpaired) electrons. The predicted octanol–water partition coefficient (Wildman–Crippen LogP) is 2.51. The molecule has 0 saturated carbocycles. The Morgan fingerprint density at radius 3 is 2.85 bits per heavy atom. The Bertz CT molecular complexity index is 654. The molecule has 0 unspecified atom stereocenters. The van der Waals surface area contributed by atoms with Gasteiger partial charge >= 0.3 is 0 Å². The minimum atomic E-state index is 0.163. The fourth-order valence-corrected chi connectivity index (χ4v) is 1.99. The average Bonchev–Trinajstić information content (AvgIpc) is 2.91. The van der Waals surface area contributed by atoms with E-state index >= 15 is 0 Å². The van der Waals surface area contributed by atoms with E-state index in [0.717, 1.165) is 17.7 Å². The number of aryl methyl sites for hydroxylation is 1. The first kappa shape index (κ1) is 12.5. The van der Waals surface area contributed by atoms with Crippen LogP contribution in [0.5, 0.6) is 17.2 Å². The van der Waals surface area contributed by atoms with Crippen LogP contribution in [0.2, 0.25) is 0 Å². The highest BCUT2D eigenvalue weighted by molar-refractivity contribution is 5.81. The molecule has 0 spiro atoms. The van der Waals surface area contributed by atoms with Gasteiger partial charge in [-0.05, 0) is 25.1 Å². The third-order valence-corrected chi connectivity index (χ3v) is 2.95. The monoisotopic (exact) mass is 271 g/mol. The van der Waals surface area contributed by atoms with Gasteiger partial charge in [0.2, 0.25) is 6.79 Å². The first-order valence-corrected chi connectivity index (χ1v) is 6.20. The van der Waals surface area contributed by atoms with Crippen LogP contribution in [-0.4, -0.2) is 18.1 Å². The molecule has 0 saturated heterocycles. The first-order chi connectivity index (χ1) is 9.76. The third kappa shape index (κ3) is 2.42. The highest BCUT2D eigenvalue weighted by atomic mass is 16.7. The van der Waals surface area contributed by atoms with Gasteiger partial charge in [0.1, 0.15) is 12.4 Å². The van der Waals surface area contributed by atoms with Crippen molar-refractivity contribution in [2.75, 3.05) is 6.79 Å². The van der Waals surface area contributed by atoms with Crippen LogP contribution in [-0.2, 0) is 6.61 Å². The molecule has 0 N–H and O–H groups in total. The van der Waals surface area contributed by atoms with E-state index in [1.165, 1.54) is 0 Å². The lowest BCUT2D eigenvalue weighted by Gasteiger charge is -2.09. The van der Waals surface area contributed by atoms with Crippen LogP contribution in [0, 0.1) is 6.92 Å². The van der Waals surface area contributed by atoms with Crippen molar-refractivity contribution in [2.24, 2.45) is 0 Å². The molecule has 0 aliphatic carbocycles.